The molecule has 0 radical (unpaired) electrons. The second kappa shape index (κ2) is 8.89. The quantitative estimate of drug-likeness (QED) is 0.664. The van der Waals surface area contributed by atoms with Crippen LogP contribution in [-0.4, -0.2) is 49.6 Å². The molecule has 1 aromatic carbocycles. The number of halogens is 1. The zero-order chi connectivity index (χ0) is 20.6. The number of rotatable bonds is 7. The summed E-state index contributed by atoms with van der Waals surface area (Å²) in [5.41, 5.74) is 6.89. The lowest BCUT2D eigenvalue weighted by Gasteiger charge is -2.31. The zero-order valence-corrected chi connectivity index (χ0v) is 18.9. The van der Waals surface area contributed by atoms with Crippen LogP contribution in [0.3, 0.4) is 0 Å². The summed E-state index contributed by atoms with van der Waals surface area (Å²) in [6.07, 6.45) is 6.67. The number of allylic oxidation sites excluding steroid dienone is 2. The zero-order valence-electron chi connectivity index (χ0n) is 18.1. The highest BCUT2D eigenvalue weighted by Crippen LogP contribution is 2.42. The van der Waals surface area contributed by atoms with Crippen LogP contribution >= 0.6 is 12.4 Å². The maximum atomic E-state index is 6.26. The second-order valence-corrected chi connectivity index (χ2v) is 7.68. The van der Waals surface area contributed by atoms with E-state index in [4.69, 9.17) is 19.2 Å². The topological polar surface area (TPSA) is 64.4 Å². The van der Waals surface area contributed by atoms with Gasteiger partial charge in [0.1, 0.15) is 17.6 Å². The molecule has 3 heterocycles. The van der Waals surface area contributed by atoms with Crippen molar-refractivity contribution in [3.8, 4) is 5.75 Å². The molecule has 4 atom stereocenters. The van der Waals surface area contributed by atoms with E-state index >= 15 is 0 Å². The van der Waals surface area contributed by atoms with Crippen molar-refractivity contribution in [3.63, 3.8) is 0 Å². The number of nitrogens with one attached hydrogen (secondary N) is 1. The average Bonchev–Trinajstić information content (AvgIpc) is 3.24. The smallest absolute Gasteiger partial charge is 0.281 e. The maximum absolute atomic E-state index is 6.26. The van der Waals surface area contributed by atoms with Crippen molar-refractivity contribution < 1.29 is 18.9 Å². The van der Waals surface area contributed by atoms with Crippen molar-refractivity contribution in [1.29, 1.82) is 0 Å². The second-order valence-electron chi connectivity index (χ2n) is 7.68. The lowest BCUT2D eigenvalue weighted by atomic mass is 9.87. The molecule has 1 N–H and O–H groups in total. The first-order valence-electron chi connectivity index (χ1n) is 10.1. The molecule has 0 aliphatic carbocycles. The predicted octanol–water partition coefficient (Wildman–Crippen LogP) is 3.81. The Kier molecular flexibility index (Phi) is 6.67. The Balaban J connectivity index is 0.00000256. The number of hydrogen-bond acceptors (Lipinski definition) is 6. The molecule has 1 aromatic rings. The first-order chi connectivity index (χ1) is 14.0. The standard InChI is InChI=1S/C22H29N4O3.ClH/c1-6-16(13-27-4)25-26-12-19-22(24-20(26)9-10-23-26)21(15(3)29-19)18-8-7-17(28-5)11-14(18)2;/h7-12,15-16,21,25H,6,13H2,1-5H3;1H/q+1;/t15?,16-,21?,26?;/m1./s1. The molecule has 0 aromatic heterocycles. The van der Waals surface area contributed by atoms with Gasteiger partial charge in [0.05, 0.1) is 31.9 Å². The summed E-state index contributed by atoms with van der Waals surface area (Å²) < 4.78 is 17.1. The van der Waals surface area contributed by atoms with Crippen molar-refractivity contribution in [2.24, 2.45) is 10.1 Å². The normalized spacial score (nSPS) is 27.2. The Bertz CT molecular complexity index is 927. The molecule has 30 heavy (non-hydrogen) atoms. The molecule has 0 spiro atoms. The van der Waals surface area contributed by atoms with Gasteiger partial charge in [-0.3, -0.25) is 0 Å². The van der Waals surface area contributed by atoms with Crippen LogP contribution < -0.4 is 10.2 Å². The highest BCUT2D eigenvalue weighted by molar-refractivity contribution is 6.06. The van der Waals surface area contributed by atoms with Crippen LogP contribution in [0.15, 0.2) is 52.1 Å². The van der Waals surface area contributed by atoms with Crippen LogP contribution in [0.4, 0.5) is 0 Å². The van der Waals surface area contributed by atoms with E-state index < -0.39 is 0 Å². The van der Waals surface area contributed by atoms with Gasteiger partial charge in [0.15, 0.2) is 12.0 Å². The fourth-order valence-electron chi connectivity index (χ4n) is 4.20. The van der Waals surface area contributed by atoms with Gasteiger partial charge in [-0.2, -0.15) is 4.99 Å². The lowest BCUT2D eigenvalue weighted by Crippen LogP contribution is -2.54. The number of methoxy groups -OCH3 is 2. The molecule has 3 aliphatic heterocycles. The molecule has 7 nitrogen and oxygen atoms in total. The SMILES string of the molecule is CC[C@H](COC)N[N+]12C=C3OC(C)C(c4ccc(OC)cc4C)C3=NC1=CC=N2.Cl. The van der Waals surface area contributed by atoms with Crippen LogP contribution in [0.2, 0.25) is 0 Å². The number of nitrogens with zero attached hydrogens (tertiary/aromatic N) is 3. The van der Waals surface area contributed by atoms with E-state index in [-0.39, 0.29) is 35.2 Å². The third-order valence-electron chi connectivity index (χ3n) is 5.74. The van der Waals surface area contributed by atoms with E-state index in [0.717, 1.165) is 29.5 Å². The van der Waals surface area contributed by atoms with Crippen molar-refractivity contribution in [2.45, 2.75) is 45.3 Å². The maximum Gasteiger partial charge on any atom is 0.281 e. The number of ether oxygens (including phenoxy) is 3. The summed E-state index contributed by atoms with van der Waals surface area (Å²) in [6, 6.07) is 6.32. The first-order valence-corrected chi connectivity index (χ1v) is 10.1. The third-order valence-corrected chi connectivity index (χ3v) is 5.74. The number of hydrogen-bond donors (Lipinski definition) is 1. The van der Waals surface area contributed by atoms with Gasteiger partial charge in [-0.1, -0.05) is 18.1 Å². The van der Waals surface area contributed by atoms with Crippen LogP contribution in [0.1, 0.15) is 37.3 Å². The number of aliphatic imine (C=N–C) groups is 1. The van der Waals surface area contributed by atoms with Gasteiger partial charge in [0.2, 0.25) is 0 Å². The molecule has 162 valence electrons. The molecular formula is C22H30ClN4O3+. The minimum absolute atomic E-state index is 0. The molecule has 1 fully saturated rings. The van der Waals surface area contributed by atoms with Gasteiger partial charge in [0.25, 0.3) is 5.82 Å². The molecule has 4 rings (SSSR count). The van der Waals surface area contributed by atoms with E-state index in [2.05, 4.69) is 43.4 Å². The first kappa shape index (κ1) is 22.5. The van der Waals surface area contributed by atoms with Crippen molar-refractivity contribution in [3.05, 3.63) is 53.2 Å². The van der Waals surface area contributed by atoms with Crippen LogP contribution in [-0.2, 0) is 9.47 Å². The summed E-state index contributed by atoms with van der Waals surface area (Å²) in [5.74, 6) is 2.55. The van der Waals surface area contributed by atoms with Crippen molar-refractivity contribution >= 4 is 24.3 Å². The highest BCUT2D eigenvalue weighted by atomic mass is 35.5. The summed E-state index contributed by atoms with van der Waals surface area (Å²) in [6.45, 7) is 6.92. The van der Waals surface area contributed by atoms with Crippen LogP contribution in [0.25, 0.3) is 0 Å². The van der Waals surface area contributed by atoms with E-state index in [1.165, 1.54) is 11.1 Å². The predicted molar refractivity (Wildman–Crippen MR) is 120 cm³/mol. The molecular weight excluding hydrogens is 404 g/mol. The Hall–Kier alpha value is -2.19. The summed E-state index contributed by atoms with van der Waals surface area (Å²) >= 11 is 0. The fourth-order valence-corrected chi connectivity index (χ4v) is 4.20. The van der Waals surface area contributed by atoms with Gasteiger partial charge in [0, 0.05) is 13.2 Å². The molecule has 1 saturated heterocycles. The van der Waals surface area contributed by atoms with Gasteiger partial charge in [-0.05, 0) is 48.2 Å². The Morgan fingerprint density at radius 3 is 2.77 bits per heavy atom. The van der Waals surface area contributed by atoms with E-state index in [0.29, 0.717) is 6.61 Å². The summed E-state index contributed by atoms with van der Waals surface area (Å²) in [7, 11) is 3.40. The fraction of sp³-hybridized carbons (Fsp3) is 0.455. The highest BCUT2D eigenvalue weighted by Gasteiger charge is 2.49. The number of fused-ring (bicyclic) bond motifs is 2. The van der Waals surface area contributed by atoms with Gasteiger partial charge in [-0.15, -0.1) is 17.8 Å². The van der Waals surface area contributed by atoms with E-state index in [1.807, 2.05) is 18.3 Å². The molecule has 3 aliphatic rings. The number of quaternary nitrogens is 1. The van der Waals surface area contributed by atoms with Gasteiger partial charge in [-0.25, -0.2) is 0 Å². The van der Waals surface area contributed by atoms with Gasteiger partial charge < -0.3 is 14.2 Å². The van der Waals surface area contributed by atoms with Crippen molar-refractivity contribution in [1.82, 2.24) is 5.43 Å². The molecule has 0 saturated carbocycles. The molecule has 3 unspecified atom stereocenters. The lowest BCUT2D eigenvalue weighted by molar-refractivity contribution is -0.896. The Morgan fingerprint density at radius 2 is 2.10 bits per heavy atom. The largest absolute Gasteiger partial charge is 0.497 e. The molecule has 8 heteroatoms. The summed E-state index contributed by atoms with van der Waals surface area (Å²) in [4.78, 5) is 5.01. The monoisotopic (exact) mass is 433 g/mol. The van der Waals surface area contributed by atoms with E-state index in [1.54, 1.807) is 20.4 Å². The number of benzene rings is 1. The molecule has 0 bridgehead atoms. The minimum Gasteiger partial charge on any atom is -0.497 e. The minimum atomic E-state index is -0.0160. The Morgan fingerprint density at radius 1 is 1.30 bits per heavy atom. The van der Waals surface area contributed by atoms with E-state index in [9.17, 15) is 0 Å². The van der Waals surface area contributed by atoms with Crippen molar-refractivity contribution in [2.75, 3.05) is 20.8 Å². The third kappa shape index (κ3) is 3.78. The van der Waals surface area contributed by atoms with Crippen LogP contribution in [0.5, 0.6) is 5.75 Å². The van der Waals surface area contributed by atoms with Gasteiger partial charge >= 0.3 is 0 Å². The molecule has 0 amide bonds. The average molecular weight is 434 g/mol. The summed E-state index contributed by atoms with van der Waals surface area (Å²) in [5, 5.41) is 4.66. The Labute approximate surface area is 184 Å². The van der Waals surface area contributed by atoms with Crippen LogP contribution in [0, 0.1) is 6.92 Å². The number of aryl methyl sites for hydroxylation is 1.